The quantitative estimate of drug-likeness (QED) is 0.551. The van der Waals surface area contributed by atoms with Crippen molar-refractivity contribution in [1.82, 2.24) is 9.80 Å². The monoisotopic (exact) mass is 406 g/mol. The van der Waals surface area contributed by atoms with E-state index in [4.69, 9.17) is 4.74 Å². The molecule has 10 nitrogen and oxygen atoms in total. The average molecular weight is 406 g/mol. The first-order chi connectivity index (χ1) is 13.5. The van der Waals surface area contributed by atoms with Gasteiger partial charge in [0.1, 0.15) is 5.60 Å². The molecule has 1 heterocycles. The Morgan fingerprint density at radius 1 is 1.10 bits per heavy atom. The van der Waals surface area contributed by atoms with Crippen LogP contribution in [-0.2, 0) is 9.53 Å². The zero-order chi connectivity index (χ0) is 21.8. The van der Waals surface area contributed by atoms with Gasteiger partial charge in [-0.15, -0.1) is 0 Å². The standard InChI is InChI=1S/C19H26N4O6/c1-19(2,3)29-18(26)21-11-5-6-16(24)20(4)17(25)22(13-12-21)14-7-9-15(10-8-14)23(27)28/h7-10H,5-6,11-13H2,1-4H3. The van der Waals surface area contributed by atoms with Crippen LogP contribution < -0.4 is 4.90 Å². The van der Waals surface area contributed by atoms with E-state index in [1.165, 1.54) is 41.1 Å². The Labute approximate surface area is 169 Å². The predicted octanol–water partition coefficient (Wildman–Crippen LogP) is 3.01. The van der Waals surface area contributed by atoms with Crippen molar-refractivity contribution in [3.8, 4) is 0 Å². The largest absolute Gasteiger partial charge is 0.444 e. The van der Waals surface area contributed by atoms with Gasteiger partial charge in [0.2, 0.25) is 5.91 Å². The minimum Gasteiger partial charge on any atom is -0.444 e. The molecule has 158 valence electrons. The SMILES string of the molecule is CN1C(=O)CCCN(C(=O)OC(C)(C)C)CCN(c2ccc([N+](=O)[O-])cc2)C1=O. The number of benzene rings is 1. The summed E-state index contributed by atoms with van der Waals surface area (Å²) in [5, 5.41) is 10.9. The highest BCUT2D eigenvalue weighted by Crippen LogP contribution is 2.22. The van der Waals surface area contributed by atoms with Crippen molar-refractivity contribution in [3.05, 3.63) is 34.4 Å². The first-order valence-electron chi connectivity index (χ1n) is 9.30. The number of hydrogen-bond acceptors (Lipinski definition) is 6. The molecular formula is C19H26N4O6. The van der Waals surface area contributed by atoms with Gasteiger partial charge >= 0.3 is 12.1 Å². The number of non-ortho nitro benzene ring substituents is 1. The molecule has 0 radical (unpaired) electrons. The summed E-state index contributed by atoms with van der Waals surface area (Å²) in [5.41, 5.74) is -0.386. The van der Waals surface area contributed by atoms with Crippen LogP contribution in [0.25, 0.3) is 0 Å². The molecule has 1 fully saturated rings. The molecule has 1 aromatic rings. The van der Waals surface area contributed by atoms with Crippen LogP contribution in [0.1, 0.15) is 33.6 Å². The molecular weight excluding hydrogens is 380 g/mol. The molecule has 1 aliphatic rings. The molecule has 4 amide bonds. The molecule has 0 N–H and O–H groups in total. The average Bonchev–Trinajstić information content (AvgIpc) is 2.64. The van der Waals surface area contributed by atoms with Crippen LogP contribution in [0.3, 0.4) is 0 Å². The summed E-state index contributed by atoms with van der Waals surface area (Å²) < 4.78 is 5.42. The molecule has 0 aromatic heterocycles. The van der Waals surface area contributed by atoms with E-state index in [1.54, 1.807) is 20.8 Å². The second-order valence-corrected chi connectivity index (χ2v) is 7.73. The molecule has 2 rings (SSSR count). The number of rotatable bonds is 2. The lowest BCUT2D eigenvalue weighted by Crippen LogP contribution is -2.49. The summed E-state index contributed by atoms with van der Waals surface area (Å²) in [4.78, 5) is 51.8. The summed E-state index contributed by atoms with van der Waals surface area (Å²) >= 11 is 0. The number of carbonyl (C=O) groups is 3. The first kappa shape index (κ1) is 22.1. The van der Waals surface area contributed by atoms with Gasteiger partial charge in [0, 0.05) is 50.9 Å². The summed E-state index contributed by atoms with van der Waals surface area (Å²) in [6, 6.07) is 4.90. The van der Waals surface area contributed by atoms with Crippen molar-refractivity contribution >= 4 is 29.4 Å². The first-order valence-corrected chi connectivity index (χ1v) is 9.30. The number of imide groups is 1. The normalized spacial score (nSPS) is 16.6. The Morgan fingerprint density at radius 2 is 1.72 bits per heavy atom. The molecule has 0 atom stereocenters. The smallest absolute Gasteiger partial charge is 0.410 e. The highest BCUT2D eigenvalue weighted by molar-refractivity contribution is 6.02. The molecule has 0 saturated carbocycles. The summed E-state index contributed by atoms with van der Waals surface area (Å²) in [7, 11) is 1.40. The number of hydrogen-bond donors (Lipinski definition) is 0. The van der Waals surface area contributed by atoms with Crippen molar-refractivity contribution in [2.45, 2.75) is 39.2 Å². The molecule has 1 aromatic carbocycles. The fraction of sp³-hybridized carbons (Fsp3) is 0.526. The van der Waals surface area contributed by atoms with Gasteiger partial charge < -0.3 is 9.64 Å². The number of carbonyl (C=O) groups excluding carboxylic acids is 3. The highest BCUT2D eigenvalue weighted by atomic mass is 16.6. The molecule has 1 aliphatic heterocycles. The number of ether oxygens (including phenoxy) is 1. The number of urea groups is 1. The lowest BCUT2D eigenvalue weighted by Gasteiger charge is -2.33. The van der Waals surface area contributed by atoms with Gasteiger partial charge in [-0.1, -0.05) is 0 Å². The van der Waals surface area contributed by atoms with Gasteiger partial charge in [-0.05, 0) is 39.3 Å². The number of anilines is 1. The maximum atomic E-state index is 12.9. The minimum absolute atomic E-state index is 0.105. The number of nitro benzene ring substituents is 1. The third kappa shape index (κ3) is 5.90. The van der Waals surface area contributed by atoms with Crippen LogP contribution in [0.2, 0.25) is 0 Å². The van der Waals surface area contributed by atoms with E-state index in [-0.39, 0.29) is 31.1 Å². The van der Waals surface area contributed by atoms with Crippen LogP contribution in [0.4, 0.5) is 21.0 Å². The third-order valence-corrected chi connectivity index (χ3v) is 4.33. The zero-order valence-electron chi connectivity index (χ0n) is 17.1. The van der Waals surface area contributed by atoms with E-state index in [0.29, 0.717) is 18.7 Å². The van der Waals surface area contributed by atoms with Crippen molar-refractivity contribution in [3.63, 3.8) is 0 Å². The molecule has 10 heteroatoms. The lowest BCUT2D eigenvalue weighted by atomic mass is 10.2. The zero-order valence-corrected chi connectivity index (χ0v) is 17.1. The Kier molecular flexibility index (Phi) is 6.78. The van der Waals surface area contributed by atoms with Crippen molar-refractivity contribution < 1.29 is 24.0 Å². The van der Waals surface area contributed by atoms with Crippen molar-refractivity contribution in [2.24, 2.45) is 0 Å². The van der Waals surface area contributed by atoms with Gasteiger partial charge in [0.25, 0.3) is 5.69 Å². The molecule has 0 spiro atoms. The Morgan fingerprint density at radius 3 is 2.28 bits per heavy atom. The third-order valence-electron chi connectivity index (χ3n) is 4.33. The van der Waals surface area contributed by atoms with E-state index in [1.807, 2.05) is 0 Å². The highest BCUT2D eigenvalue weighted by Gasteiger charge is 2.29. The van der Waals surface area contributed by atoms with Crippen LogP contribution >= 0.6 is 0 Å². The maximum absolute atomic E-state index is 12.9. The Hall–Kier alpha value is -3.17. The maximum Gasteiger partial charge on any atom is 0.410 e. The van der Waals surface area contributed by atoms with Crippen LogP contribution in [0, 0.1) is 10.1 Å². The molecule has 0 bridgehead atoms. The van der Waals surface area contributed by atoms with Gasteiger partial charge in [0.05, 0.1) is 4.92 Å². The number of nitrogens with zero attached hydrogens (tertiary/aromatic N) is 4. The summed E-state index contributed by atoms with van der Waals surface area (Å²) in [5.74, 6) is -0.368. The fourth-order valence-corrected chi connectivity index (χ4v) is 2.81. The van der Waals surface area contributed by atoms with Crippen LogP contribution in [0.15, 0.2) is 24.3 Å². The van der Waals surface area contributed by atoms with E-state index < -0.39 is 22.6 Å². The second kappa shape index (κ2) is 8.89. The van der Waals surface area contributed by atoms with E-state index >= 15 is 0 Å². The molecule has 29 heavy (non-hydrogen) atoms. The van der Waals surface area contributed by atoms with E-state index in [0.717, 1.165) is 4.90 Å². The van der Waals surface area contributed by atoms with Crippen molar-refractivity contribution in [2.75, 3.05) is 31.6 Å². The van der Waals surface area contributed by atoms with Gasteiger partial charge in [-0.25, -0.2) is 9.59 Å². The van der Waals surface area contributed by atoms with Gasteiger partial charge in [-0.2, -0.15) is 0 Å². The minimum atomic E-state index is -0.670. The van der Waals surface area contributed by atoms with E-state index in [2.05, 4.69) is 0 Å². The predicted molar refractivity (Wildman–Crippen MR) is 106 cm³/mol. The number of amides is 4. The van der Waals surface area contributed by atoms with E-state index in [9.17, 15) is 24.5 Å². The summed E-state index contributed by atoms with van der Waals surface area (Å²) in [6.45, 7) is 5.90. The van der Waals surface area contributed by atoms with Gasteiger partial charge in [0.15, 0.2) is 0 Å². The van der Waals surface area contributed by atoms with Crippen molar-refractivity contribution in [1.29, 1.82) is 0 Å². The Bertz CT molecular complexity index is 787. The lowest BCUT2D eigenvalue weighted by molar-refractivity contribution is -0.384. The molecule has 1 saturated heterocycles. The fourth-order valence-electron chi connectivity index (χ4n) is 2.81. The molecule has 0 aliphatic carbocycles. The summed E-state index contributed by atoms with van der Waals surface area (Å²) in [6.07, 6.45) is -0.00181. The van der Waals surface area contributed by atoms with Crippen LogP contribution in [-0.4, -0.2) is 65.0 Å². The van der Waals surface area contributed by atoms with Crippen LogP contribution in [0.5, 0.6) is 0 Å². The second-order valence-electron chi connectivity index (χ2n) is 7.73. The molecule has 0 unspecified atom stereocenters. The topological polar surface area (TPSA) is 113 Å². The van der Waals surface area contributed by atoms with Gasteiger partial charge in [-0.3, -0.25) is 24.7 Å². The number of nitro groups is 1. The Balaban J connectivity index is 2.29.